The molecule has 0 radical (unpaired) electrons. The standard InChI is InChI=1S/C14H21NO4/c16-13(7-11(9-1-2-9)10-3-4-10)15-5-6-19-12(8-15)14(17)18/h9-12H,1-8H2,(H,17,18). The molecule has 1 amide bonds. The predicted molar refractivity (Wildman–Crippen MR) is 67.5 cm³/mol. The third-order valence-electron chi connectivity index (χ3n) is 4.56. The Kier molecular flexibility index (Phi) is 3.48. The smallest absolute Gasteiger partial charge is 0.334 e. The number of hydrogen-bond donors (Lipinski definition) is 1. The molecule has 1 atom stereocenters. The Balaban J connectivity index is 1.55. The predicted octanol–water partition coefficient (Wildman–Crippen LogP) is 1.12. The normalized spacial score (nSPS) is 27.6. The summed E-state index contributed by atoms with van der Waals surface area (Å²) in [6.07, 6.45) is 4.86. The maximum absolute atomic E-state index is 12.3. The maximum Gasteiger partial charge on any atom is 0.334 e. The number of amides is 1. The summed E-state index contributed by atoms with van der Waals surface area (Å²) < 4.78 is 5.15. The highest BCUT2D eigenvalue weighted by molar-refractivity contribution is 5.79. The molecule has 3 aliphatic rings. The summed E-state index contributed by atoms with van der Waals surface area (Å²) in [5.41, 5.74) is 0. The lowest BCUT2D eigenvalue weighted by Crippen LogP contribution is -2.49. The van der Waals surface area contributed by atoms with Crippen LogP contribution in [0.5, 0.6) is 0 Å². The molecule has 1 aliphatic heterocycles. The lowest BCUT2D eigenvalue weighted by atomic mass is 9.93. The van der Waals surface area contributed by atoms with Gasteiger partial charge in [0.15, 0.2) is 6.10 Å². The second-order valence-corrected chi connectivity index (χ2v) is 6.08. The van der Waals surface area contributed by atoms with Crippen LogP contribution in [0.4, 0.5) is 0 Å². The van der Waals surface area contributed by atoms with Crippen molar-refractivity contribution in [2.75, 3.05) is 19.7 Å². The van der Waals surface area contributed by atoms with E-state index in [0.717, 1.165) is 11.8 Å². The van der Waals surface area contributed by atoms with Gasteiger partial charge in [0.05, 0.1) is 13.2 Å². The summed E-state index contributed by atoms with van der Waals surface area (Å²) in [4.78, 5) is 24.9. The molecule has 3 fully saturated rings. The number of ether oxygens (including phenoxy) is 1. The first-order valence-electron chi connectivity index (χ1n) is 7.27. The molecule has 3 rings (SSSR count). The third-order valence-corrected chi connectivity index (χ3v) is 4.56. The molecule has 1 heterocycles. The largest absolute Gasteiger partial charge is 0.479 e. The number of nitrogens with zero attached hydrogens (tertiary/aromatic N) is 1. The molecule has 5 nitrogen and oxygen atoms in total. The van der Waals surface area contributed by atoms with E-state index in [2.05, 4.69) is 0 Å². The zero-order chi connectivity index (χ0) is 13.4. The van der Waals surface area contributed by atoms with Crippen molar-refractivity contribution in [2.24, 2.45) is 17.8 Å². The molecule has 5 heteroatoms. The molecule has 0 bridgehead atoms. The number of morpholine rings is 1. The number of hydrogen-bond acceptors (Lipinski definition) is 3. The van der Waals surface area contributed by atoms with E-state index >= 15 is 0 Å². The summed E-state index contributed by atoms with van der Waals surface area (Å²) in [5, 5.41) is 8.95. The lowest BCUT2D eigenvalue weighted by Gasteiger charge is -2.32. The Morgan fingerprint density at radius 2 is 1.84 bits per heavy atom. The van der Waals surface area contributed by atoms with Crippen LogP contribution in [0.2, 0.25) is 0 Å². The molecule has 1 N–H and O–H groups in total. The quantitative estimate of drug-likeness (QED) is 0.810. The highest BCUT2D eigenvalue weighted by Crippen LogP contribution is 2.50. The van der Waals surface area contributed by atoms with Gasteiger partial charge in [0.1, 0.15) is 0 Å². The highest BCUT2D eigenvalue weighted by Gasteiger charge is 2.43. The van der Waals surface area contributed by atoms with Gasteiger partial charge in [0.25, 0.3) is 0 Å². The second kappa shape index (κ2) is 5.12. The van der Waals surface area contributed by atoms with Crippen LogP contribution in [-0.4, -0.2) is 47.7 Å². The molecule has 0 aromatic heterocycles. The second-order valence-electron chi connectivity index (χ2n) is 6.08. The summed E-state index contributed by atoms with van der Waals surface area (Å²) in [6, 6.07) is 0. The van der Waals surface area contributed by atoms with Crippen molar-refractivity contribution >= 4 is 11.9 Å². The Bertz CT molecular complexity index is 364. The minimum atomic E-state index is -0.974. The van der Waals surface area contributed by atoms with E-state index in [1.54, 1.807) is 4.90 Å². The van der Waals surface area contributed by atoms with Crippen molar-refractivity contribution in [1.29, 1.82) is 0 Å². The summed E-state index contributed by atoms with van der Waals surface area (Å²) >= 11 is 0. The summed E-state index contributed by atoms with van der Waals surface area (Å²) in [6.45, 7) is 1.07. The first kappa shape index (κ1) is 12.9. The van der Waals surface area contributed by atoms with Crippen molar-refractivity contribution in [3.05, 3.63) is 0 Å². The molecule has 0 aromatic carbocycles. The molecule has 0 spiro atoms. The van der Waals surface area contributed by atoms with Gasteiger partial charge in [-0.25, -0.2) is 4.79 Å². The first-order chi connectivity index (χ1) is 9.15. The number of carboxylic acids is 1. The molecule has 1 saturated heterocycles. The zero-order valence-corrected chi connectivity index (χ0v) is 11.1. The molecule has 1 unspecified atom stereocenters. The summed E-state index contributed by atoms with van der Waals surface area (Å²) in [7, 11) is 0. The van der Waals surface area contributed by atoms with Gasteiger partial charge in [-0.1, -0.05) is 0 Å². The third kappa shape index (κ3) is 3.08. The van der Waals surface area contributed by atoms with Crippen molar-refractivity contribution in [3.63, 3.8) is 0 Å². The van der Waals surface area contributed by atoms with Gasteiger partial charge in [-0.15, -0.1) is 0 Å². The van der Waals surface area contributed by atoms with Crippen LogP contribution in [0.3, 0.4) is 0 Å². The van der Waals surface area contributed by atoms with Gasteiger partial charge in [-0.2, -0.15) is 0 Å². The van der Waals surface area contributed by atoms with Crippen LogP contribution < -0.4 is 0 Å². The fourth-order valence-corrected chi connectivity index (χ4v) is 3.12. The van der Waals surface area contributed by atoms with Crippen LogP contribution >= 0.6 is 0 Å². The van der Waals surface area contributed by atoms with Crippen molar-refractivity contribution < 1.29 is 19.4 Å². The molecular weight excluding hydrogens is 246 g/mol. The van der Waals surface area contributed by atoms with Gasteiger partial charge < -0.3 is 14.7 Å². The zero-order valence-electron chi connectivity index (χ0n) is 11.1. The van der Waals surface area contributed by atoms with Gasteiger partial charge in [-0.3, -0.25) is 4.79 Å². The fourth-order valence-electron chi connectivity index (χ4n) is 3.12. The number of carbonyl (C=O) groups is 2. The Labute approximate surface area is 112 Å². The van der Waals surface area contributed by atoms with Crippen molar-refractivity contribution in [3.8, 4) is 0 Å². The van der Waals surface area contributed by atoms with E-state index in [-0.39, 0.29) is 12.5 Å². The number of carboxylic acid groups (broad SMARTS) is 1. The van der Waals surface area contributed by atoms with Gasteiger partial charge in [0, 0.05) is 13.0 Å². The van der Waals surface area contributed by atoms with Crippen molar-refractivity contribution in [2.45, 2.75) is 38.2 Å². The van der Waals surface area contributed by atoms with Crippen molar-refractivity contribution in [1.82, 2.24) is 4.90 Å². The fraction of sp³-hybridized carbons (Fsp3) is 0.857. The first-order valence-corrected chi connectivity index (χ1v) is 7.27. The van der Waals surface area contributed by atoms with Gasteiger partial charge >= 0.3 is 5.97 Å². The monoisotopic (exact) mass is 267 g/mol. The maximum atomic E-state index is 12.3. The molecule has 19 heavy (non-hydrogen) atoms. The van der Waals surface area contributed by atoms with Crippen LogP contribution in [0.15, 0.2) is 0 Å². The number of aliphatic carboxylic acids is 1. The highest BCUT2D eigenvalue weighted by atomic mass is 16.5. The van der Waals surface area contributed by atoms with Crippen LogP contribution in [-0.2, 0) is 14.3 Å². The van der Waals surface area contributed by atoms with E-state index < -0.39 is 12.1 Å². The number of rotatable bonds is 5. The molecule has 2 aliphatic carbocycles. The minimum Gasteiger partial charge on any atom is -0.479 e. The topological polar surface area (TPSA) is 66.8 Å². The average Bonchev–Trinajstić information content (AvgIpc) is 3.29. The molecule has 106 valence electrons. The minimum absolute atomic E-state index is 0.123. The van der Waals surface area contributed by atoms with Crippen LogP contribution in [0, 0.1) is 17.8 Å². The van der Waals surface area contributed by atoms with Gasteiger partial charge in [-0.05, 0) is 43.4 Å². The SMILES string of the molecule is O=C(O)C1CN(C(=O)CC(C2CC2)C2CC2)CCO1. The van der Waals surface area contributed by atoms with E-state index in [1.807, 2.05) is 0 Å². The van der Waals surface area contributed by atoms with E-state index in [1.165, 1.54) is 25.7 Å². The van der Waals surface area contributed by atoms with Crippen LogP contribution in [0.1, 0.15) is 32.1 Å². The molecular formula is C14H21NO4. The Hall–Kier alpha value is -1.10. The Morgan fingerprint density at radius 1 is 1.21 bits per heavy atom. The van der Waals surface area contributed by atoms with E-state index in [4.69, 9.17) is 9.84 Å². The summed E-state index contributed by atoms with van der Waals surface area (Å²) in [5.74, 6) is 1.22. The molecule has 2 saturated carbocycles. The van der Waals surface area contributed by atoms with E-state index in [0.29, 0.717) is 25.5 Å². The van der Waals surface area contributed by atoms with Gasteiger partial charge in [0.2, 0.25) is 5.91 Å². The Morgan fingerprint density at radius 3 is 2.37 bits per heavy atom. The lowest BCUT2D eigenvalue weighted by molar-refractivity contribution is -0.159. The molecule has 0 aromatic rings. The number of carbonyl (C=O) groups excluding carboxylic acids is 1. The van der Waals surface area contributed by atoms with Crippen LogP contribution in [0.25, 0.3) is 0 Å². The average molecular weight is 267 g/mol. The van der Waals surface area contributed by atoms with E-state index in [9.17, 15) is 9.59 Å².